The lowest BCUT2D eigenvalue weighted by atomic mass is 10.2. The van der Waals surface area contributed by atoms with Crippen LogP contribution in [0.1, 0.15) is 10.4 Å². The summed E-state index contributed by atoms with van der Waals surface area (Å²) in [6.45, 7) is 2.46. The normalized spacial score (nSPS) is 15.0. The first-order valence-electron chi connectivity index (χ1n) is 7.82. The Kier molecular flexibility index (Phi) is 3.60. The fourth-order valence-corrected chi connectivity index (χ4v) is 2.96. The predicted octanol–water partition coefficient (Wildman–Crippen LogP) is 1.83. The SMILES string of the molecule is O=C(c1cccc(F)c1)N1CCN(c2nnc3ccccn23)CC1. The first-order chi connectivity index (χ1) is 11.7. The van der Waals surface area contributed by atoms with Crippen LogP contribution in [0.4, 0.5) is 10.3 Å². The highest BCUT2D eigenvalue weighted by Gasteiger charge is 2.24. The molecular weight excluding hydrogens is 309 g/mol. The Morgan fingerprint density at radius 3 is 2.62 bits per heavy atom. The average molecular weight is 325 g/mol. The number of piperazine rings is 1. The maximum absolute atomic E-state index is 13.3. The van der Waals surface area contributed by atoms with E-state index in [1.54, 1.807) is 17.0 Å². The van der Waals surface area contributed by atoms with E-state index in [9.17, 15) is 9.18 Å². The van der Waals surface area contributed by atoms with Crippen LogP contribution < -0.4 is 4.90 Å². The number of amides is 1. The summed E-state index contributed by atoms with van der Waals surface area (Å²) in [5, 5.41) is 8.40. The molecule has 6 nitrogen and oxygen atoms in total. The van der Waals surface area contributed by atoms with Crippen molar-refractivity contribution in [1.82, 2.24) is 19.5 Å². The number of carbonyl (C=O) groups excluding carboxylic acids is 1. The van der Waals surface area contributed by atoms with Gasteiger partial charge in [0.1, 0.15) is 5.82 Å². The van der Waals surface area contributed by atoms with Crippen LogP contribution >= 0.6 is 0 Å². The Morgan fingerprint density at radius 2 is 1.83 bits per heavy atom. The van der Waals surface area contributed by atoms with Gasteiger partial charge in [0.2, 0.25) is 5.95 Å². The van der Waals surface area contributed by atoms with E-state index in [0.29, 0.717) is 31.7 Å². The highest BCUT2D eigenvalue weighted by atomic mass is 19.1. The average Bonchev–Trinajstić information content (AvgIpc) is 3.05. The molecule has 4 rings (SSSR count). The van der Waals surface area contributed by atoms with Crippen molar-refractivity contribution in [2.75, 3.05) is 31.1 Å². The van der Waals surface area contributed by atoms with Gasteiger partial charge >= 0.3 is 0 Å². The van der Waals surface area contributed by atoms with E-state index in [2.05, 4.69) is 15.1 Å². The molecule has 0 atom stereocenters. The Hall–Kier alpha value is -2.96. The molecule has 1 aliphatic rings. The fraction of sp³-hybridized carbons (Fsp3) is 0.235. The maximum atomic E-state index is 13.3. The Labute approximate surface area is 138 Å². The molecule has 0 bridgehead atoms. The Balaban J connectivity index is 1.48. The van der Waals surface area contributed by atoms with Crippen LogP contribution in [0, 0.1) is 5.82 Å². The van der Waals surface area contributed by atoms with Gasteiger partial charge in [-0.3, -0.25) is 9.20 Å². The molecular formula is C17H16FN5O. The minimum absolute atomic E-state index is 0.139. The largest absolute Gasteiger partial charge is 0.337 e. The first kappa shape index (κ1) is 14.6. The van der Waals surface area contributed by atoms with Crippen LogP contribution in [-0.4, -0.2) is 51.6 Å². The molecule has 1 saturated heterocycles. The lowest BCUT2D eigenvalue weighted by Gasteiger charge is -2.34. The number of anilines is 1. The summed E-state index contributed by atoms with van der Waals surface area (Å²) in [5.74, 6) is 0.248. The smallest absolute Gasteiger partial charge is 0.254 e. The second-order valence-corrected chi connectivity index (χ2v) is 5.72. The number of hydrogen-bond donors (Lipinski definition) is 0. The summed E-state index contributed by atoms with van der Waals surface area (Å²) in [5.41, 5.74) is 1.18. The van der Waals surface area contributed by atoms with Crippen molar-refractivity contribution in [3.63, 3.8) is 0 Å². The molecule has 0 N–H and O–H groups in total. The third kappa shape index (κ3) is 2.58. The lowest BCUT2D eigenvalue weighted by Crippen LogP contribution is -2.49. The predicted molar refractivity (Wildman–Crippen MR) is 87.5 cm³/mol. The molecule has 2 aromatic heterocycles. The second-order valence-electron chi connectivity index (χ2n) is 5.72. The van der Waals surface area contributed by atoms with Gasteiger partial charge in [-0.05, 0) is 30.3 Å². The third-order valence-corrected chi connectivity index (χ3v) is 4.22. The van der Waals surface area contributed by atoms with E-state index in [-0.39, 0.29) is 5.91 Å². The zero-order valence-electron chi connectivity index (χ0n) is 13.0. The van der Waals surface area contributed by atoms with Crippen molar-refractivity contribution in [1.29, 1.82) is 0 Å². The van der Waals surface area contributed by atoms with Gasteiger partial charge in [-0.2, -0.15) is 0 Å². The summed E-state index contributed by atoms with van der Waals surface area (Å²) in [7, 11) is 0. The lowest BCUT2D eigenvalue weighted by molar-refractivity contribution is 0.0745. The number of rotatable bonds is 2. The number of hydrogen-bond acceptors (Lipinski definition) is 4. The minimum atomic E-state index is -0.394. The van der Waals surface area contributed by atoms with Gasteiger partial charge in [0.05, 0.1) is 0 Å². The van der Waals surface area contributed by atoms with Crippen LogP contribution in [0.5, 0.6) is 0 Å². The van der Waals surface area contributed by atoms with Crippen molar-refractivity contribution >= 4 is 17.5 Å². The van der Waals surface area contributed by atoms with E-state index < -0.39 is 5.82 Å². The van der Waals surface area contributed by atoms with Crippen LogP contribution in [0.2, 0.25) is 0 Å². The van der Waals surface area contributed by atoms with Crippen molar-refractivity contribution in [3.8, 4) is 0 Å². The molecule has 0 saturated carbocycles. The molecule has 0 aliphatic carbocycles. The van der Waals surface area contributed by atoms with Crippen LogP contribution in [0.15, 0.2) is 48.7 Å². The van der Waals surface area contributed by atoms with Gasteiger partial charge in [-0.15, -0.1) is 10.2 Å². The number of carbonyl (C=O) groups is 1. The van der Waals surface area contributed by atoms with Crippen molar-refractivity contribution < 1.29 is 9.18 Å². The molecule has 7 heteroatoms. The minimum Gasteiger partial charge on any atom is -0.337 e. The van der Waals surface area contributed by atoms with E-state index in [1.165, 1.54) is 12.1 Å². The molecule has 1 aliphatic heterocycles. The summed E-state index contributed by atoms with van der Waals surface area (Å²) >= 11 is 0. The molecule has 122 valence electrons. The number of fused-ring (bicyclic) bond motifs is 1. The van der Waals surface area contributed by atoms with Gasteiger partial charge in [0, 0.05) is 37.9 Å². The number of nitrogens with zero attached hydrogens (tertiary/aromatic N) is 5. The van der Waals surface area contributed by atoms with E-state index in [0.717, 1.165) is 11.6 Å². The maximum Gasteiger partial charge on any atom is 0.254 e. The van der Waals surface area contributed by atoms with Crippen molar-refractivity contribution in [2.24, 2.45) is 0 Å². The van der Waals surface area contributed by atoms with Gasteiger partial charge in [-0.25, -0.2) is 4.39 Å². The molecule has 3 heterocycles. The molecule has 1 aromatic carbocycles. The van der Waals surface area contributed by atoms with Gasteiger partial charge in [0.15, 0.2) is 5.65 Å². The van der Waals surface area contributed by atoms with Crippen molar-refractivity contribution in [2.45, 2.75) is 0 Å². The highest BCUT2D eigenvalue weighted by molar-refractivity contribution is 5.94. The fourth-order valence-electron chi connectivity index (χ4n) is 2.96. The van der Waals surface area contributed by atoms with Crippen molar-refractivity contribution in [3.05, 3.63) is 60.0 Å². The zero-order valence-corrected chi connectivity index (χ0v) is 13.0. The van der Waals surface area contributed by atoms with E-state index >= 15 is 0 Å². The molecule has 1 fully saturated rings. The second kappa shape index (κ2) is 5.92. The van der Waals surface area contributed by atoms with Gasteiger partial charge in [0.25, 0.3) is 5.91 Å². The number of pyridine rings is 1. The third-order valence-electron chi connectivity index (χ3n) is 4.22. The first-order valence-corrected chi connectivity index (χ1v) is 7.82. The van der Waals surface area contributed by atoms with E-state index in [4.69, 9.17) is 0 Å². The molecule has 3 aromatic rings. The summed E-state index contributed by atoms with van der Waals surface area (Å²) in [4.78, 5) is 16.3. The Morgan fingerprint density at radius 1 is 1.00 bits per heavy atom. The molecule has 0 unspecified atom stereocenters. The van der Waals surface area contributed by atoms with Crippen LogP contribution in [0.3, 0.4) is 0 Å². The number of halogens is 1. The summed E-state index contributed by atoms with van der Waals surface area (Å²) in [6, 6.07) is 11.6. The molecule has 0 spiro atoms. The highest BCUT2D eigenvalue weighted by Crippen LogP contribution is 2.17. The Bertz CT molecular complexity index is 885. The van der Waals surface area contributed by atoms with Gasteiger partial charge < -0.3 is 9.80 Å². The van der Waals surface area contributed by atoms with Crippen LogP contribution in [-0.2, 0) is 0 Å². The molecule has 24 heavy (non-hydrogen) atoms. The number of aromatic nitrogens is 3. The van der Waals surface area contributed by atoms with Gasteiger partial charge in [-0.1, -0.05) is 12.1 Å². The molecule has 1 amide bonds. The topological polar surface area (TPSA) is 53.7 Å². The quantitative estimate of drug-likeness (QED) is 0.721. The molecule has 0 radical (unpaired) electrons. The van der Waals surface area contributed by atoms with Crippen LogP contribution in [0.25, 0.3) is 5.65 Å². The summed E-state index contributed by atoms with van der Waals surface area (Å²) in [6.07, 6.45) is 1.93. The summed E-state index contributed by atoms with van der Waals surface area (Å²) < 4.78 is 15.2. The standard InChI is InChI=1S/C17H16FN5O/c18-14-5-3-4-13(12-14)16(24)21-8-10-22(11-9-21)17-20-19-15-6-1-2-7-23(15)17/h1-7,12H,8-11H2. The van der Waals surface area contributed by atoms with E-state index in [1.807, 2.05) is 28.8 Å². The zero-order chi connectivity index (χ0) is 16.5. The number of benzene rings is 1. The monoisotopic (exact) mass is 325 g/mol.